The molecule has 0 fully saturated rings. The number of fused-ring (bicyclic) bond motifs is 12. The molecule has 1 nitrogen and oxygen atoms in total. The average Bonchev–Trinajstić information content (AvgIpc) is 3.82. The van der Waals surface area contributed by atoms with Crippen LogP contribution < -0.4 is 4.90 Å². The van der Waals surface area contributed by atoms with Gasteiger partial charge >= 0.3 is 0 Å². The van der Waals surface area contributed by atoms with Gasteiger partial charge in [0, 0.05) is 42.6 Å². The van der Waals surface area contributed by atoms with Gasteiger partial charge in [-0.05, 0) is 115 Å². The number of hydrogen-bond donors (Lipinski definition) is 0. The van der Waals surface area contributed by atoms with Crippen molar-refractivity contribution in [3.63, 3.8) is 0 Å². The van der Waals surface area contributed by atoms with Crippen LogP contribution in [-0.4, -0.2) is 0 Å². The second kappa shape index (κ2) is 13.3. The Labute approximate surface area is 355 Å². The van der Waals surface area contributed by atoms with Crippen molar-refractivity contribution in [1.82, 2.24) is 0 Å². The van der Waals surface area contributed by atoms with Gasteiger partial charge in [0.2, 0.25) is 0 Å². The zero-order valence-electron chi connectivity index (χ0n) is 33.6. The van der Waals surface area contributed by atoms with E-state index in [0.29, 0.717) is 0 Å². The van der Waals surface area contributed by atoms with Gasteiger partial charge in [-0.1, -0.05) is 178 Å². The Kier molecular flexibility index (Phi) is 7.73. The molecule has 10 aromatic rings. The van der Waals surface area contributed by atoms with E-state index in [9.17, 15) is 0 Å². The monoisotopic (exact) mass is 783 g/mol. The van der Waals surface area contributed by atoms with E-state index >= 15 is 0 Å². The van der Waals surface area contributed by atoms with Crippen molar-refractivity contribution in [2.75, 3.05) is 4.90 Å². The SMILES string of the molecule is CC1(C)c2ccccc2C2(c3ccccc3-c3ccc(-c4cccc(N(c5ccc(-c6ccccc6)cc5)c5ccc6c(c5)sc5ccccc56)c4)cc32)c2ccccc21. The van der Waals surface area contributed by atoms with Gasteiger partial charge in [0.15, 0.2) is 0 Å². The predicted octanol–water partition coefficient (Wildman–Crippen LogP) is 15.9. The molecule has 9 aromatic carbocycles. The Balaban J connectivity index is 1.04. The lowest BCUT2D eigenvalue weighted by molar-refractivity contribution is 0.563. The van der Waals surface area contributed by atoms with Crippen LogP contribution in [0.15, 0.2) is 212 Å². The Morgan fingerprint density at radius 1 is 0.333 bits per heavy atom. The van der Waals surface area contributed by atoms with Crippen molar-refractivity contribution in [2.24, 2.45) is 0 Å². The number of anilines is 3. The Morgan fingerprint density at radius 3 is 1.63 bits per heavy atom. The molecule has 0 saturated heterocycles. The van der Waals surface area contributed by atoms with Crippen molar-refractivity contribution in [3.8, 4) is 33.4 Å². The van der Waals surface area contributed by atoms with Crippen LogP contribution in [0.3, 0.4) is 0 Å². The van der Waals surface area contributed by atoms with Gasteiger partial charge in [-0.25, -0.2) is 0 Å². The van der Waals surface area contributed by atoms with Gasteiger partial charge in [-0.2, -0.15) is 0 Å². The topological polar surface area (TPSA) is 3.24 Å². The van der Waals surface area contributed by atoms with E-state index in [2.05, 4.69) is 231 Å². The molecular formula is C58H41NS. The molecule has 0 N–H and O–H groups in total. The molecule has 2 heteroatoms. The maximum Gasteiger partial charge on any atom is 0.0719 e. The summed E-state index contributed by atoms with van der Waals surface area (Å²) in [6.45, 7) is 4.78. The van der Waals surface area contributed by atoms with E-state index in [1.54, 1.807) is 0 Å². The van der Waals surface area contributed by atoms with Crippen LogP contribution in [0.4, 0.5) is 17.1 Å². The second-order valence-corrected chi connectivity index (χ2v) is 17.9. The molecule has 12 rings (SSSR count). The van der Waals surface area contributed by atoms with Crippen LogP contribution in [0, 0.1) is 0 Å². The van der Waals surface area contributed by atoms with Crippen LogP contribution in [-0.2, 0) is 10.8 Å². The van der Waals surface area contributed by atoms with Crippen LogP contribution in [0.2, 0.25) is 0 Å². The molecule has 2 aliphatic carbocycles. The van der Waals surface area contributed by atoms with Gasteiger partial charge in [0.25, 0.3) is 0 Å². The fraction of sp³-hybridized carbons (Fsp3) is 0.0690. The molecule has 0 saturated carbocycles. The first kappa shape index (κ1) is 35.0. The molecular weight excluding hydrogens is 743 g/mol. The first-order chi connectivity index (χ1) is 29.5. The van der Waals surface area contributed by atoms with Crippen molar-refractivity contribution in [3.05, 3.63) is 246 Å². The Bertz CT molecular complexity index is 3250. The van der Waals surface area contributed by atoms with Gasteiger partial charge < -0.3 is 4.90 Å². The number of thiophene rings is 1. The quantitative estimate of drug-likeness (QED) is 0.168. The molecule has 60 heavy (non-hydrogen) atoms. The summed E-state index contributed by atoms with van der Waals surface area (Å²) >= 11 is 1.86. The molecule has 0 atom stereocenters. The molecule has 1 aromatic heterocycles. The lowest BCUT2D eigenvalue weighted by Crippen LogP contribution is -2.40. The molecule has 0 bridgehead atoms. The maximum atomic E-state index is 2.50. The van der Waals surface area contributed by atoms with Crippen molar-refractivity contribution >= 4 is 48.6 Å². The van der Waals surface area contributed by atoms with E-state index in [1.807, 2.05) is 11.3 Å². The number of rotatable bonds is 5. The number of nitrogens with zero attached hydrogens (tertiary/aromatic N) is 1. The highest BCUT2D eigenvalue weighted by Gasteiger charge is 2.53. The Hall–Kier alpha value is -7.00. The fourth-order valence-electron chi connectivity index (χ4n) is 10.6. The van der Waals surface area contributed by atoms with Crippen LogP contribution in [0.5, 0.6) is 0 Å². The van der Waals surface area contributed by atoms with Gasteiger partial charge in [-0.3, -0.25) is 0 Å². The lowest BCUT2D eigenvalue weighted by atomic mass is 9.55. The van der Waals surface area contributed by atoms with Gasteiger partial charge in [0.05, 0.1) is 5.41 Å². The van der Waals surface area contributed by atoms with E-state index in [4.69, 9.17) is 0 Å². The first-order valence-electron chi connectivity index (χ1n) is 20.9. The highest BCUT2D eigenvalue weighted by atomic mass is 32.1. The minimum Gasteiger partial charge on any atom is -0.310 e. The predicted molar refractivity (Wildman–Crippen MR) is 254 cm³/mol. The third-order valence-electron chi connectivity index (χ3n) is 13.3. The smallest absolute Gasteiger partial charge is 0.0719 e. The van der Waals surface area contributed by atoms with E-state index in [-0.39, 0.29) is 5.41 Å². The summed E-state index contributed by atoms with van der Waals surface area (Å²) < 4.78 is 2.60. The van der Waals surface area contributed by atoms with Crippen LogP contribution >= 0.6 is 11.3 Å². The molecule has 1 heterocycles. The first-order valence-corrected chi connectivity index (χ1v) is 21.7. The second-order valence-electron chi connectivity index (χ2n) is 16.8. The van der Waals surface area contributed by atoms with Gasteiger partial charge in [-0.15, -0.1) is 11.3 Å². The van der Waals surface area contributed by atoms with Crippen molar-refractivity contribution in [2.45, 2.75) is 24.7 Å². The fourth-order valence-corrected chi connectivity index (χ4v) is 11.7. The highest BCUT2D eigenvalue weighted by Crippen LogP contribution is 2.62. The normalized spacial score (nSPS) is 14.1. The maximum absolute atomic E-state index is 2.50. The highest BCUT2D eigenvalue weighted by molar-refractivity contribution is 7.25. The standard InChI is InChI=1S/C58H41NS/c1-57(2)50-22-9-11-24-52(50)58(53-25-12-10-23-51(53)57)49-21-8-6-19-45(49)46-33-29-41(36-54(46)58)40-17-14-18-43(35-40)59(42-30-27-39(28-31-42)38-15-4-3-5-16-38)44-32-34-48-47-20-7-13-26-55(47)60-56(48)37-44/h3-37H,1-2H3. The van der Waals surface area contributed by atoms with E-state index in [0.717, 1.165) is 17.1 Å². The third kappa shape index (κ3) is 5.04. The number of hydrogen-bond acceptors (Lipinski definition) is 2. The largest absolute Gasteiger partial charge is 0.310 e. The molecule has 0 unspecified atom stereocenters. The summed E-state index contributed by atoms with van der Waals surface area (Å²) in [5, 5.41) is 2.61. The average molecular weight is 784 g/mol. The molecule has 2 aliphatic rings. The summed E-state index contributed by atoms with van der Waals surface area (Å²) in [4.78, 5) is 2.42. The molecule has 0 aliphatic heterocycles. The number of benzene rings is 9. The molecule has 0 radical (unpaired) electrons. The zero-order chi connectivity index (χ0) is 40.0. The summed E-state index contributed by atoms with van der Waals surface area (Å²) in [5.41, 5.74) is 18.5. The molecule has 1 spiro atoms. The van der Waals surface area contributed by atoms with Crippen molar-refractivity contribution in [1.29, 1.82) is 0 Å². The molecule has 284 valence electrons. The molecule has 0 amide bonds. The zero-order valence-corrected chi connectivity index (χ0v) is 34.4. The summed E-state index contributed by atoms with van der Waals surface area (Å²) in [5.74, 6) is 0. The van der Waals surface area contributed by atoms with Crippen LogP contribution in [0.25, 0.3) is 53.6 Å². The minimum atomic E-state index is -0.436. The summed E-state index contributed by atoms with van der Waals surface area (Å²) in [7, 11) is 0. The summed E-state index contributed by atoms with van der Waals surface area (Å²) in [6, 6.07) is 79.2. The van der Waals surface area contributed by atoms with Gasteiger partial charge in [0.1, 0.15) is 0 Å². The van der Waals surface area contributed by atoms with E-state index < -0.39 is 5.41 Å². The van der Waals surface area contributed by atoms with Crippen molar-refractivity contribution < 1.29 is 0 Å². The van der Waals surface area contributed by atoms with E-state index in [1.165, 1.54) is 86.9 Å². The summed E-state index contributed by atoms with van der Waals surface area (Å²) in [6.07, 6.45) is 0. The third-order valence-corrected chi connectivity index (χ3v) is 14.5. The lowest BCUT2D eigenvalue weighted by Gasteiger charge is -2.46. The Morgan fingerprint density at radius 2 is 0.867 bits per heavy atom. The minimum absolute atomic E-state index is 0.135. The van der Waals surface area contributed by atoms with Crippen LogP contribution in [0.1, 0.15) is 47.2 Å².